The van der Waals surface area contributed by atoms with Crippen molar-refractivity contribution in [2.75, 3.05) is 31.1 Å². The van der Waals surface area contributed by atoms with Gasteiger partial charge >= 0.3 is 0 Å². The highest BCUT2D eigenvalue weighted by molar-refractivity contribution is 5.48. The van der Waals surface area contributed by atoms with Gasteiger partial charge in [-0.25, -0.2) is 4.39 Å². The van der Waals surface area contributed by atoms with Crippen LogP contribution in [0.1, 0.15) is 43.4 Å². The van der Waals surface area contributed by atoms with Crippen LogP contribution in [0.15, 0.2) is 30.5 Å². The number of aromatic nitrogens is 2. The summed E-state index contributed by atoms with van der Waals surface area (Å²) in [6.07, 6.45) is 9.27. The van der Waals surface area contributed by atoms with Crippen molar-refractivity contribution in [2.24, 2.45) is 0 Å². The number of nitrogens with one attached hydrogen (secondary N) is 1. The van der Waals surface area contributed by atoms with Crippen LogP contribution in [-0.2, 0) is 11.8 Å². The van der Waals surface area contributed by atoms with Crippen molar-refractivity contribution in [3.8, 4) is 0 Å². The molecule has 1 unspecified atom stereocenters. The Morgan fingerprint density at radius 1 is 1.12 bits per heavy atom. The number of anilines is 1. The normalized spacial score (nSPS) is 27.2. The number of likely N-dealkylation sites (tertiary alicyclic amines) is 1. The van der Waals surface area contributed by atoms with Gasteiger partial charge in [0.05, 0.1) is 11.9 Å². The van der Waals surface area contributed by atoms with Gasteiger partial charge in [0.25, 0.3) is 0 Å². The van der Waals surface area contributed by atoms with E-state index in [4.69, 9.17) is 0 Å². The lowest BCUT2D eigenvalue weighted by Gasteiger charge is -2.46. The SMILES string of the molecule is Fc1ccccc1N1CCC(N2CCCC3(CCc4cn[nH]c43)C2)CC1. The molecular weight excluding hydrogens is 327 g/mol. The van der Waals surface area contributed by atoms with E-state index in [-0.39, 0.29) is 5.82 Å². The number of benzene rings is 1. The first-order valence-electron chi connectivity index (χ1n) is 10.0. The van der Waals surface area contributed by atoms with E-state index in [2.05, 4.69) is 20.0 Å². The van der Waals surface area contributed by atoms with Gasteiger partial charge in [-0.2, -0.15) is 5.10 Å². The molecule has 2 saturated heterocycles. The topological polar surface area (TPSA) is 35.2 Å². The van der Waals surface area contributed by atoms with Gasteiger partial charge in [0.1, 0.15) is 5.82 Å². The van der Waals surface area contributed by atoms with Crippen molar-refractivity contribution >= 4 is 5.69 Å². The first kappa shape index (κ1) is 16.3. The minimum absolute atomic E-state index is 0.0967. The zero-order valence-corrected chi connectivity index (χ0v) is 15.3. The Labute approximate surface area is 154 Å². The highest BCUT2D eigenvalue weighted by Gasteiger charge is 2.44. The number of rotatable bonds is 2. The number of hydrogen-bond acceptors (Lipinski definition) is 3. The molecule has 3 heterocycles. The van der Waals surface area contributed by atoms with Crippen LogP contribution in [0.4, 0.5) is 10.1 Å². The Hall–Kier alpha value is -1.88. The lowest BCUT2D eigenvalue weighted by molar-refractivity contribution is 0.0858. The zero-order chi connectivity index (χ0) is 17.6. The van der Waals surface area contributed by atoms with Crippen LogP contribution in [0.5, 0.6) is 0 Å². The lowest BCUT2D eigenvalue weighted by atomic mass is 9.77. The fourth-order valence-corrected chi connectivity index (χ4v) is 5.53. The molecule has 1 atom stereocenters. The van der Waals surface area contributed by atoms with E-state index in [0.29, 0.717) is 11.5 Å². The number of halogens is 1. The molecule has 138 valence electrons. The number of H-pyrrole nitrogens is 1. The maximum atomic E-state index is 14.1. The van der Waals surface area contributed by atoms with Crippen molar-refractivity contribution in [2.45, 2.75) is 50.0 Å². The van der Waals surface area contributed by atoms with E-state index >= 15 is 0 Å². The molecule has 4 nitrogen and oxygen atoms in total. The first-order chi connectivity index (χ1) is 12.8. The minimum Gasteiger partial charge on any atom is -0.369 e. The van der Waals surface area contributed by atoms with Crippen molar-refractivity contribution in [3.63, 3.8) is 0 Å². The van der Waals surface area contributed by atoms with Gasteiger partial charge in [-0.15, -0.1) is 0 Å². The standard InChI is InChI=1S/C21H27FN4/c22-18-4-1-2-5-19(18)25-12-7-17(8-13-25)26-11-3-9-21(15-26)10-6-16-14-23-24-20(16)21/h1-2,4-5,14,17H,3,6-13,15H2,(H,23,24). The third-order valence-electron chi connectivity index (χ3n) is 6.90. The summed E-state index contributed by atoms with van der Waals surface area (Å²) in [4.78, 5) is 4.94. The average Bonchev–Trinajstić information content (AvgIpc) is 3.28. The van der Waals surface area contributed by atoms with E-state index in [0.717, 1.165) is 38.2 Å². The van der Waals surface area contributed by atoms with Gasteiger partial charge in [0, 0.05) is 36.8 Å². The summed E-state index contributed by atoms with van der Waals surface area (Å²) in [5.41, 5.74) is 3.90. The Balaban J connectivity index is 1.27. The molecule has 2 fully saturated rings. The molecule has 3 aliphatic rings. The fourth-order valence-electron chi connectivity index (χ4n) is 5.53. The van der Waals surface area contributed by atoms with Crippen LogP contribution in [0.3, 0.4) is 0 Å². The van der Waals surface area contributed by atoms with E-state index in [1.54, 1.807) is 12.1 Å². The van der Waals surface area contributed by atoms with Crippen LogP contribution >= 0.6 is 0 Å². The highest BCUT2D eigenvalue weighted by Crippen LogP contribution is 2.44. The second-order valence-electron chi connectivity index (χ2n) is 8.29. The molecule has 1 aromatic heterocycles. The van der Waals surface area contributed by atoms with E-state index in [1.807, 2.05) is 18.3 Å². The monoisotopic (exact) mass is 354 g/mol. The van der Waals surface area contributed by atoms with Crippen molar-refractivity contribution in [1.82, 2.24) is 15.1 Å². The predicted molar refractivity (Wildman–Crippen MR) is 101 cm³/mol. The molecule has 0 radical (unpaired) electrons. The Bertz CT molecular complexity index is 780. The number of aromatic amines is 1. The highest BCUT2D eigenvalue weighted by atomic mass is 19.1. The first-order valence-corrected chi connectivity index (χ1v) is 10.0. The molecule has 1 spiro atoms. The van der Waals surface area contributed by atoms with Crippen molar-refractivity contribution in [3.05, 3.63) is 47.5 Å². The summed E-state index contributed by atoms with van der Waals surface area (Å²) >= 11 is 0. The van der Waals surface area contributed by atoms with E-state index in [9.17, 15) is 4.39 Å². The lowest BCUT2D eigenvalue weighted by Crippen LogP contribution is -2.52. The minimum atomic E-state index is -0.0967. The molecule has 0 saturated carbocycles. The van der Waals surface area contributed by atoms with Gasteiger partial charge in [-0.1, -0.05) is 12.1 Å². The molecule has 2 aliphatic heterocycles. The van der Waals surface area contributed by atoms with Gasteiger partial charge in [0.2, 0.25) is 0 Å². The van der Waals surface area contributed by atoms with Gasteiger partial charge in [0.15, 0.2) is 0 Å². The maximum absolute atomic E-state index is 14.1. The molecule has 0 amide bonds. The molecule has 1 aliphatic carbocycles. The van der Waals surface area contributed by atoms with Crippen LogP contribution in [0.25, 0.3) is 0 Å². The molecule has 5 rings (SSSR count). The number of para-hydroxylation sites is 1. The second-order valence-corrected chi connectivity index (χ2v) is 8.29. The van der Waals surface area contributed by atoms with Gasteiger partial charge in [-0.05, 0) is 62.8 Å². The van der Waals surface area contributed by atoms with Crippen LogP contribution < -0.4 is 4.90 Å². The summed E-state index contributed by atoms with van der Waals surface area (Å²) in [6, 6.07) is 7.80. The average molecular weight is 354 g/mol. The maximum Gasteiger partial charge on any atom is 0.146 e. The van der Waals surface area contributed by atoms with Gasteiger partial charge in [-0.3, -0.25) is 10.00 Å². The largest absolute Gasteiger partial charge is 0.369 e. The Morgan fingerprint density at radius 3 is 2.81 bits per heavy atom. The van der Waals surface area contributed by atoms with Crippen LogP contribution in [0.2, 0.25) is 0 Å². The summed E-state index contributed by atoms with van der Waals surface area (Å²) in [5, 5.41) is 7.61. The van der Waals surface area contributed by atoms with Crippen molar-refractivity contribution in [1.29, 1.82) is 0 Å². The Morgan fingerprint density at radius 2 is 1.96 bits per heavy atom. The molecule has 5 heteroatoms. The Kier molecular flexibility index (Phi) is 4.00. The molecule has 2 aromatic rings. The summed E-state index contributed by atoms with van der Waals surface area (Å²) in [6.45, 7) is 4.26. The number of piperidine rings is 2. The molecule has 26 heavy (non-hydrogen) atoms. The predicted octanol–water partition coefficient (Wildman–Crippen LogP) is 3.50. The number of fused-ring (bicyclic) bond motifs is 2. The smallest absolute Gasteiger partial charge is 0.146 e. The number of nitrogens with zero attached hydrogens (tertiary/aromatic N) is 3. The molecule has 1 N–H and O–H groups in total. The second kappa shape index (κ2) is 6.38. The summed E-state index contributed by atoms with van der Waals surface area (Å²) in [5.74, 6) is -0.0967. The van der Waals surface area contributed by atoms with Crippen LogP contribution in [-0.4, -0.2) is 47.3 Å². The quantitative estimate of drug-likeness (QED) is 0.897. The summed E-state index contributed by atoms with van der Waals surface area (Å²) < 4.78 is 14.1. The van der Waals surface area contributed by atoms with Gasteiger partial charge < -0.3 is 4.90 Å². The molecule has 0 bridgehead atoms. The van der Waals surface area contributed by atoms with E-state index in [1.165, 1.54) is 43.5 Å². The van der Waals surface area contributed by atoms with Crippen molar-refractivity contribution < 1.29 is 4.39 Å². The zero-order valence-electron chi connectivity index (χ0n) is 15.3. The van der Waals surface area contributed by atoms with Crippen LogP contribution in [0, 0.1) is 5.82 Å². The molecule has 1 aromatic carbocycles. The third kappa shape index (κ3) is 2.64. The number of aryl methyl sites for hydroxylation is 1. The van der Waals surface area contributed by atoms with E-state index < -0.39 is 0 Å². The number of hydrogen-bond donors (Lipinski definition) is 1. The fraction of sp³-hybridized carbons (Fsp3) is 0.571. The molecular formula is C21H27FN4. The summed E-state index contributed by atoms with van der Waals surface area (Å²) in [7, 11) is 0. The third-order valence-corrected chi connectivity index (χ3v) is 6.90.